The Balaban J connectivity index is 2.38. The Labute approximate surface area is 102 Å². The molecule has 1 atom stereocenters. The Hall–Kier alpha value is -0.840. The minimum Gasteiger partial charge on any atom is -0.444 e. The van der Waals surface area contributed by atoms with Gasteiger partial charge in [0.25, 0.3) is 0 Å². The van der Waals surface area contributed by atoms with Gasteiger partial charge in [-0.1, -0.05) is 0 Å². The zero-order valence-corrected chi connectivity index (χ0v) is 10.8. The molecule has 1 saturated carbocycles. The summed E-state index contributed by atoms with van der Waals surface area (Å²) in [6.07, 6.45) is 1.45. The van der Waals surface area contributed by atoms with Crippen molar-refractivity contribution in [1.29, 1.82) is 0 Å². The van der Waals surface area contributed by atoms with Gasteiger partial charge in [-0.2, -0.15) is 0 Å². The summed E-state index contributed by atoms with van der Waals surface area (Å²) in [7, 11) is 0. The Bertz CT molecular complexity index is 271. The highest BCUT2D eigenvalue weighted by Crippen LogP contribution is 2.39. The third kappa shape index (κ3) is 4.89. The molecule has 1 rings (SSSR count). The Morgan fingerprint density at radius 3 is 2.47 bits per heavy atom. The van der Waals surface area contributed by atoms with E-state index >= 15 is 0 Å². The van der Waals surface area contributed by atoms with Crippen molar-refractivity contribution in [2.75, 3.05) is 6.61 Å². The molecule has 1 fully saturated rings. The summed E-state index contributed by atoms with van der Waals surface area (Å²) in [5, 5.41) is 11.6. The van der Waals surface area contributed by atoms with Crippen molar-refractivity contribution >= 4 is 6.09 Å². The van der Waals surface area contributed by atoms with E-state index in [2.05, 4.69) is 5.32 Å². The second-order valence-electron chi connectivity index (χ2n) is 5.73. The zero-order chi connectivity index (χ0) is 13.1. The van der Waals surface area contributed by atoms with Crippen molar-refractivity contribution in [2.45, 2.75) is 63.8 Å². The lowest BCUT2D eigenvalue weighted by Crippen LogP contribution is -2.46. The maximum absolute atomic E-state index is 13.8. The predicted molar refractivity (Wildman–Crippen MR) is 62.6 cm³/mol. The van der Waals surface area contributed by atoms with Gasteiger partial charge in [0.1, 0.15) is 11.3 Å². The van der Waals surface area contributed by atoms with Gasteiger partial charge in [0.05, 0.1) is 12.6 Å². The lowest BCUT2D eigenvalue weighted by atomic mass is 9.78. The number of hydrogen-bond acceptors (Lipinski definition) is 3. The van der Waals surface area contributed by atoms with Crippen molar-refractivity contribution in [2.24, 2.45) is 0 Å². The van der Waals surface area contributed by atoms with E-state index in [1.807, 2.05) is 0 Å². The minimum atomic E-state index is -1.22. The first kappa shape index (κ1) is 14.2. The lowest BCUT2D eigenvalue weighted by molar-refractivity contribution is 0.0230. The highest BCUT2D eigenvalue weighted by Gasteiger charge is 2.39. The van der Waals surface area contributed by atoms with Crippen LogP contribution in [0, 0.1) is 0 Å². The Morgan fingerprint density at radius 2 is 2.12 bits per heavy atom. The summed E-state index contributed by atoms with van der Waals surface area (Å²) in [5.74, 6) is 0. The first-order chi connectivity index (χ1) is 7.74. The van der Waals surface area contributed by atoms with E-state index < -0.39 is 23.4 Å². The smallest absolute Gasteiger partial charge is 0.407 e. The number of ether oxygens (including phenoxy) is 1. The fraction of sp³-hybridized carbons (Fsp3) is 0.917. The maximum atomic E-state index is 13.8. The van der Waals surface area contributed by atoms with Crippen molar-refractivity contribution in [3.63, 3.8) is 0 Å². The molecule has 1 amide bonds. The second-order valence-corrected chi connectivity index (χ2v) is 5.73. The van der Waals surface area contributed by atoms with Crippen LogP contribution in [0.4, 0.5) is 9.18 Å². The number of alkyl halides is 1. The highest BCUT2D eigenvalue weighted by molar-refractivity contribution is 5.68. The molecule has 4 nitrogen and oxygen atoms in total. The van der Waals surface area contributed by atoms with Gasteiger partial charge in [-0.25, -0.2) is 9.18 Å². The third-order valence-corrected chi connectivity index (χ3v) is 2.80. The van der Waals surface area contributed by atoms with Gasteiger partial charge in [0.15, 0.2) is 0 Å². The number of carbonyl (C=O) groups excluding carboxylic acids is 1. The standard InChI is InChI=1S/C12H22FNO3/c1-11(2,3)17-10(16)14-9(8-15)7-12(13)5-4-6-12/h9,15H,4-8H2,1-3H3,(H,14,16). The molecular weight excluding hydrogens is 225 g/mol. The molecule has 100 valence electrons. The van der Waals surface area contributed by atoms with Crippen LogP contribution in [-0.4, -0.2) is 35.1 Å². The fourth-order valence-electron chi connectivity index (χ4n) is 1.84. The molecule has 5 heteroatoms. The largest absolute Gasteiger partial charge is 0.444 e. The van der Waals surface area contributed by atoms with Crippen LogP contribution in [0.2, 0.25) is 0 Å². The van der Waals surface area contributed by atoms with Crippen molar-refractivity contribution in [3.05, 3.63) is 0 Å². The molecule has 0 aromatic carbocycles. The van der Waals surface area contributed by atoms with E-state index in [1.165, 1.54) is 0 Å². The molecule has 0 radical (unpaired) electrons. The van der Waals surface area contributed by atoms with Crippen LogP contribution in [0.5, 0.6) is 0 Å². The summed E-state index contributed by atoms with van der Waals surface area (Å²) in [6.45, 7) is 4.99. The molecule has 0 heterocycles. The van der Waals surface area contributed by atoms with Crippen LogP contribution in [0.25, 0.3) is 0 Å². The third-order valence-electron chi connectivity index (χ3n) is 2.80. The van der Waals surface area contributed by atoms with Crippen LogP contribution >= 0.6 is 0 Å². The molecule has 1 aliphatic carbocycles. The first-order valence-electron chi connectivity index (χ1n) is 6.03. The number of amides is 1. The average Bonchev–Trinajstić information content (AvgIpc) is 2.11. The Morgan fingerprint density at radius 1 is 1.53 bits per heavy atom. The number of rotatable bonds is 4. The number of halogens is 1. The van der Waals surface area contributed by atoms with E-state index in [0.717, 1.165) is 6.42 Å². The molecule has 0 spiro atoms. The van der Waals surface area contributed by atoms with Crippen LogP contribution in [0.3, 0.4) is 0 Å². The minimum absolute atomic E-state index is 0.155. The number of aliphatic hydroxyl groups excluding tert-OH is 1. The molecule has 2 N–H and O–H groups in total. The highest BCUT2D eigenvalue weighted by atomic mass is 19.1. The molecule has 0 aliphatic heterocycles. The SMILES string of the molecule is CC(C)(C)OC(=O)NC(CO)CC1(F)CCC1. The van der Waals surface area contributed by atoms with Crippen LogP contribution in [-0.2, 0) is 4.74 Å². The van der Waals surface area contributed by atoms with Gasteiger partial charge >= 0.3 is 6.09 Å². The van der Waals surface area contributed by atoms with Gasteiger partial charge in [-0.15, -0.1) is 0 Å². The summed E-state index contributed by atoms with van der Waals surface area (Å²) in [5.41, 5.74) is -1.81. The molecule has 1 unspecified atom stereocenters. The van der Waals surface area contributed by atoms with Crippen molar-refractivity contribution in [1.82, 2.24) is 5.32 Å². The van der Waals surface area contributed by atoms with E-state index in [0.29, 0.717) is 12.8 Å². The van der Waals surface area contributed by atoms with Crippen molar-refractivity contribution < 1.29 is 19.0 Å². The summed E-state index contributed by atoms with van der Waals surface area (Å²) < 4.78 is 18.9. The molecular formula is C12H22FNO3. The Kier molecular flexibility index (Phi) is 4.36. The lowest BCUT2D eigenvalue weighted by Gasteiger charge is -2.36. The van der Waals surface area contributed by atoms with E-state index in [4.69, 9.17) is 9.84 Å². The topological polar surface area (TPSA) is 58.6 Å². The van der Waals surface area contributed by atoms with E-state index in [-0.39, 0.29) is 13.0 Å². The zero-order valence-electron chi connectivity index (χ0n) is 10.8. The summed E-state index contributed by atoms with van der Waals surface area (Å²) >= 11 is 0. The molecule has 1 aliphatic rings. The van der Waals surface area contributed by atoms with E-state index in [1.54, 1.807) is 20.8 Å². The van der Waals surface area contributed by atoms with Gasteiger partial charge in [0, 0.05) is 6.42 Å². The van der Waals surface area contributed by atoms with Crippen LogP contribution < -0.4 is 5.32 Å². The molecule has 0 aromatic rings. The number of carbonyl (C=O) groups is 1. The first-order valence-corrected chi connectivity index (χ1v) is 6.03. The number of alkyl carbamates (subject to hydrolysis) is 1. The van der Waals surface area contributed by atoms with Gasteiger partial charge < -0.3 is 15.2 Å². The molecule has 17 heavy (non-hydrogen) atoms. The normalized spacial score (nSPS) is 20.3. The molecule has 0 aromatic heterocycles. The molecule has 0 saturated heterocycles. The van der Waals surface area contributed by atoms with E-state index in [9.17, 15) is 9.18 Å². The van der Waals surface area contributed by atoms with Gasteiger partial charge in [-0.05, 0) is 40.0 Å². The van der Waals surface area contributed by atoms with Gasteiger partial charge in [-0.3, -0.25) is 0 Å². The summed E-state index contributed by atoms with van der Waals surface area (Å²) in [6, 6.07) is -0.574. The van der Waals surface area contributed by atoms with Crippen LogP contribution in [0.15, 0.2) is 0 Å². The number of nitrogens with one attached hydrogen (secondary N) is 1. The quantitative estimate of drug-likeness (QED) is 0.800. The van der Waals surface area contributed by atoms with Crippen molar-refractivity contribution in [3.8, 4) is 0 Å². The molecule has 0 bridgehead atoms. The monoisotopic (exact) mass is 247 g/mol. The summed E-state index contributed by atoms with van der Waals surface area (Å²) in [4.78, 5) is 11.5. The number of hydrogen-bond donors (Lipinski definition) is 2. The maximum Gasteiger partial charge on any atom is 0.407 e. The average molecular weight is 247 g/mol. The predicted octanol–water partition coefficient (Wildman–Crippen LogP) is 2.15. The fourth-order valence-corrected chi connectivity index (χ4v) is 1.84. The van der Waals surface area contributed by atoms with Gasteiger partial charge in [0.2, 0.25) is 0 Å². The second kappa shape index (κ2) is 5.21. The number of aliphatic hydroxyl groups is 1. The van der Waals surface area contributed by atoms with Crippen LogP contribution in [0.1, 0.15) is 46.5 Å².